The molecule has 5 rings (SSSR count). The molecule has 33 heavy (non-hydrogen) atoms. The SMILES string of the molecule is COc1ccc(-c2cc(N3CCN(C(=O)/C=C\c4ccc5c(c4)OCO5)CC3)ncn2)cc1. The molecule has 3 aromatic rings. The zero-order chi connectivity index (χ0) is 22.6. The normalized spacial score (nSPS) is 15.2. The van der Waals surface area contributed by atoms with Gasteiger partial charge in [0.1, 0.15) is 17.9 Å². The highest BCUT2D eigenvalue weighted by molar-refractivity contribution is 5.92. The maximum absolute atomic E-state index is 12.7. The fraction of sp³-hybridized carbons (Fsp3) is 0.240. The minimum Gasteiger partial charge on any atom is -0.497 e. The molecule has 0 aliphatic carbocycles. The van der Waals surface area contributed by atoms with Crippen LogP contribution < -0.4 is 19.1 Å². The van der Waals surface area contributed by atoms with Crippen LogP contribution in [0.25, 0.3) is 17.3 Å². The number of carbonyl (C=O) groups is 1. The van der Waals surface area contributed by atoms with Crippen LogP contribution in [0.4, 0.5) is 5.82 Å². The van der Waals surface area contributed by atoms with Crippen LogP contribution in [0, 0.1) is 0 Å². The quantitative estimate of drug-likeness (QED) is 0.559. The first kappa shape index (κ1) is 20.8. The van der Waals surface area contributed by atoms with Crippen molar-refractivity contribution in [2.75, 3.05) is 45.0 Å². The Morgan fingerprint density at radius 2 is 1.76 bits per heavy atom. The van der Waals surface area contributed by atoms with Gasteiger partial charge in [-0.25, -0.2) is 9.97 Å². The number of hydrogen-bond acceptors (Lipinski definition) is 7. The summed E-state index contributed by atoms with van der Waals surface area (Å²) in [5, 5.41) is 0. The van der Waals surface area contributed by atoms with Crippen molar-refractivity contribution in [3.63, 3.8) is 0 Å². The van der Waals surface area contributed by atoms with Gasteiger partial charge in [0.05, 0.1) is 12.8 Å². The fourth-order valence-corrected chi connectivity index (χ4v) is 3.89. The summed E-state index contributed by atoms with van der Waals surface area (Å²) in [6.07, 6.45) is 5.00. The third-order valence-electron chi connectivity index (χ3n) is 5.77. The summed E-state index contributed by atoms with van der Waals surface area (Å²) in [5.41, 5.74) is 2.76. The van der Waals surface area contributed by atoms with Gasteiger partial charge in [0.15, 0.2) is 11.5 Å². The number of rotatable bonds is 5. The van der Waals surface area contributed by atoms with E-state index in [2.05, 4.69) is 14.9 Å². The van der Waals surface area contributed by atoms with Gasteiger partial charge in [0.25, 0.3) is 0 Å². The van der Waals surface area contributed by atoms with Crippen LogP contribution in [0.3, 0.4) is 0 Å². The molecular formula is C25H24N4O4. The Morgan fingerprint density at radius 1 is 0.970 bits per heavy atom. The van der Waals surface area contributed by atoms with Gasteiger partial charge in [-0.3, -0.25) is 4.79 Å². The lowest BCUT2D eigenvalue weighted by Crippen LogP contribution is -2.48. The van der Waals surface area contributed by atoms with E-state index in [4.69, 9.17) is 14.2 Å². The number of nitrogens with zero attached hydrogens (tertiary/aromatic N) is 4. The molecule has 0 unspecified atom stereocenters. The van der Waals surface area contributed by atoms with E-state index < -0.39 is 0 Å². The Morgan fingerprint density at radius 3 is 2.55 bits per heavy atom. The van der Waals surface area contributed by atoms with Crippen LogP contribution in [-0.4, -0.2) is 60.9 Å². The number of benzene rings is 2. The molecule has 2 aliphatic rings. The van der Waals surface area contributed by atoms with Gasteiger partial charge in [-0.1, -0.05) is 6.07 Å². The largest absolute Gasteiger partial charge is 0.497 e. The summed E-state index contributed by atoms with van der Waals surface area (Å²) in [4.78, 5) is 25.6. The number of carbonyl (C=O) groups excluding carboxylic acids is 1. The van der Waals surface area contributed by atoms with Crippen molar-refractivity contribution in [1.29, 1.82) is 0 Å². The average Bonchev–Trinajstić information content (AvgIpc) is 3.35. The first-order chi connectivity index (χ1) is 16.2. The zero-order valence-corrected chi connectivity index (χ0v) is 18.3. The molecule has 0 N–H and O–H groups in total. The Hall–Kier alpha value is -4.07. The lowest BCUT2D eigenvalue weighted by molar-refractivity contribution is -0.126. The van der Waals surface area contributed by atoms with Crippen LogP contribution in [0.2, 0.25) is 0 Å². The molecule has 3 heterocycles. The lowest BCUT2D eigenvalue weighted by Gasteiger charge is -2.35. The van der Waals surface area contributed by atoms with Crippen LogP contribution in [0.1, 0.15) is 5.56 Å². The van der Waals surface area contributed by atoms with E-state index in [1.54, 1.807) is 19.5 Å². The van der Waals surface area contributed by atoms with Crippen molar-refractivity contribution in [2.24, 2.45) is 0 Å². The standard InChI is InChI=1S/C25H24N4O4/c1-31-20-6-4-19(5-7-20)21-15-24(27-16-26-21)28-10-12-29(13-11-28)25(30)9-3-18-2-8-22-23(14-18)33-17-32-22/h2-9,14-16H,10-13,17H2,1H3/b9-3-. The van der Waals surface area contributed by atoms with E-state index in [1.807, 2.05) is 59.5 Å². The second-order valence-corrected chi connectivity index (χ2v) is 7.75. The number of piperazine rings is 1. The van der Waals surface area contributed by atoms with Crippen molar-refractivity contribution in [3.05, 3.63) is 66.5 Å². The second-order valence-electron chi connectivity index (χ2n) is 7.75. The van der Waals surface area contributed by atoms with Gasteiger partial charge >= 0.3 is 0 Å². The van der Waals surface area contributed by atoms with Crippen molar-refractivity contribution < 1.29 is 19.0 Å². The third-order valence-corrected chi connectivity index (χ3v) is 5.77. The molecule has 168 valence electrons. The van der Waals surface area contributed by atoms with Crippen molar-refractivity contribution in [3.8, 4) is 28.5 Å². The molecule has 0 bridgehead atoms. The molecule has 8 nitrogen and oxygen atoms in total. The molecule has 8 heteroatoms. The summed E-state index contributed by atoms with van der Waals surface area (Å²) in [6, 6.07) is 15.4. The first-order valence-corrected chi connectivity index (χ1v) is 10.8. The Balaban J connectivity index is 1.19. The van der Waals surface area contributed by atoms with Crippen molar-refractivity contribution in [2.45, 2.75) is 0 Å². The molecular weight excluding hydrogens is 420 g/mol. The average molecular weight is 444 g/mol. The predicted octanol–water partition coefficient (Wildman–Crippen LogP) is 3.24. The minimum absolute atomic E-state index is 0.00562. The molecule has 0 spiro atoms. The summed E-state index contributed by atoms with van der Waals surface area (Å²) >= 11 is 0. The first-order valence-electron chi connectivity index (χ1n) is 10.8. The number of anilines is 1. The third kappa shape index (κ3) is 4.59. The molecule has 0 saturated carbocycles. The summed E-state index contributed by atoms with van der Waals surface area (Å²) in [6.45, 7) is 2.92. The van der Waals surface area contributed by atoms with E-state index in [0.29, 0.717) is 31.9 Å². The number of fused-ring (bicyclic) bond motifs is 1. The molecule has 1 aromatic heterocycles. The van der Waals surface area contributed by atoms with Gasteiger partial charge in [-0.15, -0.1) is 0 Å². The molecule has 1 saturated heterocycles. The maximum atomic E-state index is 12.7. The van der Waals surface area contributed by atoms with E-state index in [9.17, 15) is 4.79 Å². The highest BCUT2D eigenvalue weighted by Crippen LogP contribution is 2.32. The number of amides is 1. The number of ether oxygens (including phenoxy) is 3. The fourth-order valence-electron chi connectivity index (χ4n) is 3.89. The molecule has 0 atom stereocenters. The smallest absolute Gasteiger partial charge is 0.246 e. The van der Waals surface area contributed by atoms with Gasteiger partial charge in [0, 0.05) is 43.9 Å². The summed E-state index contributed by atoms with van der Waals surface area (Å²) in [7, 11) is 1.65. The summed E-state index contributed by atoms with van der Waals surface area (Å²) in [5.74, 6) is 3.10. The van der Waals surface area contributed by atoms with Crippen molar-refractivity contribution >= 4 is 17.8 Å². The predicted molar refractivity (Wildman–Crippen MR) is 124 cm³/mol. The molecule has 1 amide bonds. The highest BCUT2D eigenvalue weighted by atomic mass is 16.7. The Bertz CT molecular complexity index is 1170. The number of methoxy groups -OCH3 is 1. The lowest BCUT2D eigenvalue weighted by atomic mass is 10.1. The highest BCUT2D eigenvalue weighted by Gasteiger charge is 2.21. The van der Waals surface area contributed by atoms with Crippen LogP contribution >= 0.6 is 0 Å². The van der Waals surface area contributed by atoms with E-state index in [-0.39, 0.29) is 12.7 Å². The number of aromatic nitrogens is 2. The Kier molecular flexibility index (Phi) is 5.80. The van der Waals surface area contributed by atoms with E-state index >= 15 is 0 Å². The van der Waals surface area contributed by atoms with Crippen LogP contribution in [0.5, 0.6) is 17.2 Å². The van der Waals surface area contributed by atoms with Crippen molar-refractivity contribution in [1.82, 2.24) is 14.9 Å². The van der Waals surface area contributed by atoms with Crippen LogP contribution in [0.15, 0.2) is 60.9 Å². The van der Waals surface area contributed by atoms with Gasteiger partial charge in [0.2, 0.25) is 12.7 Å². The summed E-state index contributed by atoms with van der Waals surface area (Å²) < 4.78 is 15.9. The topological polar surface area (TPSA) is 77.0 Å². The second kappa shape index (κ2) is 9.20. The maximum Gasteiger partial charge on any atom is 0.246 e. The Labute approximate surface area is 192 Å². The number of hydrogen-bond donors (Lipinski definition) is 0. The van der Waals surface area contributed by atoms with Crippen LogP contribution in [-0.2, 0) is 4.79 Å². The molecule has 2 aliphatic heterocycles. The van der Waals surface area contributed by atoms with Gasteiger partial charge in [-0.05, 0) is 48.0 Å². The zero-order valence-electron chi connectivity index (χ0n) is 18.3. The van der Waals surface area contributed by atoms with E-state index in [1.165, 1.54) is 0 Å². The molecule has 0 radical (unpaired) electrons. The van der Waals surface area contributed by atoms with Gasteiger partial charge < -0.3 is 24.0 Å². The van der Waals surface area contributed by atoms with E-state index in [0.717, 1.165) is 34.1 Å². The van der Waals surface area contributed by atoms with Gasteiger partial charge in [-0.2, -0.15) is 0 Å². The molecule has 2 aromatic carbocycles. The monoisotopic (exact) mass is 444 g/mol. The minimum atomic E-state index is -0.00562. The molecule has 1 fully saturated rings.